The normalized spacial score (nSPS) is 16.8. The predicted octanol–water partition coefficient (Wildman–Crippen LogP) is 3.68. The quantitative estimate of drug-likeness (QED) is 0.798. The average molecular weight is 393 g/mol. The van der Waals surface area contributed by atoms with Gasteiger partial charge >= 0.3 is 0 Å². The van der Waals surface area contributed by atoms with Crippen molar-refractivity contribution < 1.29 is 14.3 Å². The lowest BCUT2D eigenvalue weighted by atomic mass is 10.1. The van der Waals surface area contributed by atoms with E-state index in [1.54, 1.807) is 18.2 Å². The van der Waals surface area contributed by atoms with Crippen molar-refractivity contribution in [3.8, 4) is 11.5 Å². The fourth-order valence-corrected chi connectivity index (χ4v) is 3.61. The van der Waals surface area contributed by atoms with Gasteiger partial charge in [-0.3, -0.25) is 9.69 Å². The van der Waals surface area contributed by atoms with Gasteiger partial charge in [-0.05, 0) is 35.9 Å². The summed E-state index contributed by atoms with van der Waals surface area (Å²) in [4.78, 5) is 16.8. The molecule has 2 aromatic rings. The smallest absolute Gasteiger partial charge is 0.255 e. The third-order valence-electron chi connectivity index (χ3n) is 4.66. The minimum Gasteiger partial charge on any atom is -0.454 e. The Hall–Kier alpha value is -1.95. The SMILES string of the molecule is O=C(c1cc(Cl)ccc1Cl)N1CCN(Cc2ccc3c(c2)OCO3)CC1. The maximum atomic E-state index is 12.7. The molecule has 2 aromatic carbocycles. The first-order valence-electron chi connectivity index (χ1n) is 8.45. The van der Waals surface area contributed by atoms with E-state index in [1.807, 2.05) is 17.0 Å². The highest BCUT2D eigenvalue weighted by Gasteiger charge is 2.24. The minimum atomic E-state index is -0.0692. The van der Waals surface area contributed by atoms with Crippen LogP contribution in [0.5, 0.6) is 11.5 Å². The summed E-state index contributed by atoms with van der Waals surface area (Å²) in [6, 6.07) is 11.0. The summed E-state index contributed by atoms with van der Waals surface area (Å²) < 4.78 is 10.8. The van der Waals surface area contributed by atoms with Crippen molar-refractivity contribution in [1.82, 2.24) is 9.80 Å². The van der Waals surface area contributed by atoms with Gasteiger partial charge in [-0.25, -0.2) is 0 Å². The van der Waals surface area contributed by atoms with Crippen LogP contribution in [0.1, 0.15) is 15.9 Å². The van der Waals surface area contributed by atoms with Gasteiger partial charge < -0.3 is 14.4 Å². The van der Waals surface area contributed by atoms with Gasteiger partial charge in [0.1, 0.15) is 0 Å². The van der Waals surface area contributed by atoms with Crippen molar-refractivity contribution in [2.75, 3.05) is 33.0 Å². The number of ether oxygens (including phenoxy) is 2. The van der Waals surface area contributed by atoms with Crippen molar-refractivity contribution >= 4 is 29.1 Å². The van der Waals surface area contributed by atoms with Crippen LogP contribution in [-0.2, 0) is 6.54 Å². The van der Waals surface area contributed by atoms with Gasteiger partial charge in [0.15, 0.2) is 11.5 Å². The second kappa shape index (κ2) is 7.35. The Bertz CT molecular complexity index is 836. The molecule has 0 saturated carbocycles. The van der Waals surface area contributed by atoms with Crippen molar-refractivity contribution in [1.29, 1.82) is 0 Å². The monoisotopic (exact) mass is 392 g/mol. The maximum absolute atomic E-state index is 12.7. The summed E-state index contributed by atoms with van der Waals surface area (Å²) in [6.07, 6.45) is 0. The fraction of sp³-hybridized carbons (Fsp3) is 0.316. The van der Waals surface area contributed by atoms with Crippen LogP contribution in [-0.4, -0.2) is 48.7 Å². The molecule has 0 atom stereocenters. The largest absolute Gasteiger partial charge is 0.454 e. The van der Waals surface area contributed by atoms with E-state index in [1.165, 1.54) is 5.56 Å². The first kappa shape index (κ1) is 17.5. The van der Waals surface area contributed by atoms with E-state index < -0.39 is 0 Å². The highest BCUT2D eigenvalue weighted by molar-refractivity contribution is 6.35. The number of amides is 1. The Kier molecular flexibility index (Phi) is 4.94. The summed E-state index contributed by atoms with van der Waals surface area (Å²) in [6.45, 7) is 4.03. The average Bonchev–Trinajstić information content (AvgIpc) is 3.11. The molecule has 26 heavy (non-hydrogen) atoms. The molecule has 2 heterocycles. The zero-order valence-electron chi connectivity index (χ0n) is 14.1. The number of fused-ring (bicyclic) bond motifs is 1. The molecule has 1 fully saturated rings. The standard InChI is InChI=1S/C19H18Cl2N2O3/c20-14-2-3-16(21)15(10-14)19(24)23-7-5-22(6-8-23)11-13-1-4-17-18(9-13)26-12-25-17/h1-4,9-10H,5-8,11-12H2. The molecule has 0 aliphatic carbocycles. The third kappa shape index (κ3) is 3.61. The lowest BCUT2D eigenvalue weighted by Crippen LogP contribution is -2.48. The van der Waals surface area contributed by atoms with Gasteiger partial charge in [0.25, 0.3) is 5.91 Å². The molecule has 0 spiro atoms. The molecule has 7 heteroatoms. The fourth-order valence-electron chi connectivity index (χ4n) is 3.24. The van der Waals surface area contributed by atoms with E-state index in [2.05, 4.69) is 11.0 Å². The van der Waals surface area contributed by atoms with Crippen LogP contribution in [0.3, 0.4) is 0 Å². The van der Waals surface area contributed by atoms with E-state index in [4.69, 9.17) is 32.7 Å². The lowest BCUT2D eigenvalue weighted by molar-refractivity contribution is 0.0628. The first-order valence-corrected chi connectivity index (χ1v) is 9.21. The molecule has 2 aliphatic heterocycles. The second-order valence-corrected chi connectivity index (χ2v) is 7.22. The molecule has 4 rings (SSSR count). The van der Waals surface area contributed by atoms with Crippen molar-refractivity contribution in [2.45, 2.75) is 6.54 Å². The molecule has 136 valence electrons. The summed E-state index contributed by atoms with van der Waals surface area (Å²) >= 11 is 12.2. The van der Waals surface area contributed by atoms with E-state index in [9.17, 15) is 4.79 Å². The van der Waals surface area contributed by atoms with Gasteiger partial charge in [-0.15, -0.1) is 0 Å². The van der Waals surface area contributed by atoms with Crippen LogP contribution in [0.25, 0.3) is 0 Å². The second-order valence-electron chi connectivity index (χ2n) is 6.38. The van der Waals surface area contributed by atoms with E-state index in [0.29, 0.717) is 28.7 Å². The molecule has 0 aromatic heterocycles. The predicted molar refractivity (Wildman–Crippen MR) is 100 cm³/mol. The number of nitrogens with zero attached hydrogens (tertiary/aromatic N) is 2. The topological polar surface area (TPSA) is 42.0 Å². The Morgan fingerprint density at radius 2 is 1.73 bits per heavy atom. The Labute approximate surface area is 162 Å². The molecular weight excluding hydrogens is 375 g/mol. The van der Waals surface area contributed by atoms with Crippen LogP contribution in [0.2, 0.25) is 10.0 Å². The molecule has 2 aliphatic rings. The highest BCUT2D eigenvalue weighted by atomic mass is 35.5. The van der Waals surface area contributed by atoms with Crippen molar-refractivity contribution in [3.63, 3.8) is 0 Å². The Morgan fingerprint density at radius 3 is 2.54 bits per heavy atom. The van der Waals surface area contributed by atoms with Gasteiger partial charge in [-0.2, -0.15) is 0 Å². The summed E-state index contributed by atoms with van der Waals surface area (Å²) in [5.74, 6) is 1.52. The Morgan fingerprint density at radius 1 is 0.962 bits per heavy atom. The molecule has 5 nitrogen and oxygen atoms in total. The number of halogens is 2. The van der Waals surface area contributed by atoms with Crippen LogP contribution in [0.4, 0.5) is 0 Å². The maximum Gasteiger partial charge on any atom is 0.255 e. The molecule has 0 unspecified atom stereocenters. The number of rotatable bonds is 3. The molecule has 0 bridgehead atoms. The number of hydrogen-bond donors (Lipinski definition) is 0. The lowest BCUT2D eigenvalue weighted by Gasteiger charge is -2.35. The molecular formula is C19H18Cl2N2O3. The summed E-state index contributed by atoms with van der Waals surface area (Å²) in [7, 11) is 0. The summed E-state index contributed by atoms with van der Waals surface area (Å²) in [5, 5.41) is 0.946. The van der Waals surface area contributed by atoms with Crippen molar-refractivity contribution in [3.05, 3.63) is 57.6 Å². The van der Waals surface area contributed by atoms with E-state index in [-0.39, 0.29) is 12.7 Å². The number of carbonyl (C=O) groups is 1. The number of carbonyl (C=O) groups excluding carboxylic acids is 1. The van der Waals surface area contributed by atoms with Crippen LogP contribution >= 0.6 is 23.2 Å². The van der Waals surface area contributed by atoms with E-state index in [0.717, 1.165) is 31.1 Å². The van der Waals surface area contributed by atoms with E-state index >= 15 is 0 Å². The molecule has 1 saturated heterocycles. The minimum absolute atomic E-state index is 0.0692. The number of benzene rings is 2. The van der Waals surface area contributed by atoms with Gasteiger partial charge in [0, 0.05) is 37.7 Å². The molecule has 0 radical (unpaired) electrons. The van der Waals surface area contributed by atoms with Gasteiger partial charge in [-0.1, -0.05) is 29.3 Å². The molecule has 0 N–H and O–H groups in total. The number of piperazine rings is 1. The van der Waals surface area contributed by atoms with Gasteiger partial charge in [0.05, 0.1) is 10.6 Å². The first-order chi connectivity index (χ1) is 12.6. The van der Waals surface area contributed by atoms with Crippen LogP contribution in [0.15, 0.2) is 36.4 Å². The molecule has 1 amide bonds. The third-order valence-corrected chi connectivity index (χ3v) is 5.23. The van der Waals surface area contributed by atoms with Crippen LogP contribution in [0, 0.1) is 0 Å². The van der Waals surface area contributed by atoms with Gasteiger partial charge in [0.2, 0.25) is 6.79 Å². The van der Waals surface area contributed by atoms with Crippen LogP contribution < -0.4 is 9.47 Å². The highest BCUT2D eigenvalue weighted by Crippen LogP contribution is 2.33. The van der Waals surface area contributed by atoms with Crippen molar-refractivity contribution in [2.24, 2.45) is 0 Å². The zero-order chi connectivity index (χ0) is 18.1. The summed E-state index contributed by atoms with van der Waals surface area (Å²) in [5.41, 5.74) is 1.63. The zero-order valence-corrected chi connectivity index (χ0v) is 15.6. The Balaban J connectivity index is 1.36. The number of hydrogen-bond acceptors (Lipinski definition) is 4.